The van der Waals surface area contributed by atoms with E-state index in [0.29, 0.717) is 18.2 Å². The molecule has 2 aromatic rings. The van der Waals surface area contributed by atoms with Gasteiger partial charge in [0.1, 0.15) is 0 Å². The predicted molar refractivity (Wildman–Crippen MR) is 67.8 cm³/mol. The van der Waals surface area contributed by atoms with E-state index < -0.39 is 0 Å². The fourth-order valence-corrected chi connectivity index (χ4v) is 2.33. The van der Waals surface area contributed by atoms with Gasteiger partial charge in [-0.05, 0) is 24.8 Å². The van der Waals surface area contributed by atoms with Crippen molar-refractivity contribution in [1.29, 1.82) is 0 Å². The topological polar surface area (TPSA) is 44.1 Å². The summed E-state index contributed by atoms with van der Waals surface area (Å²) < 4.78 is 6.69. The van der Waals surface area contributed by atoms with Crippen LogP contribution in [0.4, 0.5) is 0 Å². The molecule has 0 fully saturated rings. The Balaban J connectivity index is 2.23. The van der Waals surface area contributed by atoms with E-state index in [1.54, 1.807) is 22.8 Å². The Morgan fingerprint density at radius 3 is 3.00 bits per heavy atom. The van der Waals surface area contributed by atoms with Gasteiger partial charge in [0.15, 0.2) is 0 Å². The van der Waals surface area contributed by atoms with Crippen LogP contribution in [0.2, 0.25) is 0 Å². The average Bonchev–Trinajstić information content (AvgIpc) is 2.79. The minimum atomic E-state index is -0.0640. The molecule has 0 unspecified atom stereocenters. The molecule has 0 aromatic carbocycles. The summed E-state index contributed by atoms with van der Waals surface area (Å²) in [6.45, 7) is 2.38. The van der Waals surface area contributed by atoms with Crippen molar-refractivity contribution in [2.75, 3.05) is 7.11 Å². The Bertz CT molecular complexity index is 546. The SMILES string of the molecule is COc1nc(C)cc(=O)n1CCc1cccs1. The van der Waals surface area contributed by atoms with Crippen LogP contribution in [0.5, 0.6) is 6.01 Å². The lowest BCUT2D eigenvalue weighted by atomic mass is 10.3. The Kier molecular flexibility index (Phi) is 3.58. The molecule has 0 radical (unpaired) electrons. The van der Waals surface area contributed by atoms with E-state index in [0.717, 1.165) is 6.42 Å². The molecule has 0 N–H and O–H groups in total. The van der Waals surface area contributed by atoms with Crippen LogP contribution in [-0.2, 0) is 13.0 Å². The van der Waals surface area contributed by atoms with Gasteiger partial charge in [0, 0.05) is 23.2 Å². The third-order valence-corrected chi connectivity index (χ3v) is 3.38. The van der Waals surface area contributed by atoms with Gasteiger partial charge in [-0.3, -0.25) is 9.36 Å². The molecular weight excluding hydrogens is 236 g/mol. The monoisotopic (exact) mass is 250 g/mol. The first-order chi connectivity index (χ1) is 8.20. The summed E-state index contributed by atoms with van der Waals surface area (Å²) in [5.41, 5.74) is 0.616. The van der Waals surface area contributed by atoms with Gasteiger partial charge >= 0.3 is 0 Å². The maximum absolute atomic E-state index is 11.8. The Morgan fingerprint density at radius 2 is 2.35 bits per heavy atom. The summed E-state index contributed by atoms with van der Waals surface area (Å²) in [4.78, 5) is 17.3. The molecule has 0 aliphatic carbocycles. The highest BCUT2D eigenvalue weighted by Crippen LogP contribution is 2.11. The normalized spacial score (nSPS) is 10.5. The molecule has 0 amide bonds. The van der Waals surface area contributed by atoms with Crippen molar-refractivity contribution < 1.29 is 4.74 Å². The lowest BCUT2D eigenvalue weighted by Gasteiger charge is -2.10. The summed E-state index contributed by atoms with van der Waals surface area (Å²) in [7, 11) is 1.53. The summed E-state index contributed by atoms with van der Waals surface area (Å²) in [6, 6.07) is 5.97. The number of hydrogen-bond donors (Lipinski definition) is 0. The van der Waals surface area contributed by atoms with Crippen LogP contribution < -0.4 is 10.3 Å². The molecule has 2 rings (SSSR count). The lowest BCUT2D eigenvalue weighted by Crippen LogP contribution is -2.23. The van der Waals surface area contributed by atoms with Crippen molar-refractivity contribution in [3.63, 3.8) is 0 Å². The molecule has 0 saturated heterocycles. The van der Waals surface area contributed by atoms with Gasteiger partial charge in [-0.25, -0.2) is 4.98 Å². The van der Waals surface area contributed by atoms with E-state index in [1.165, 1.54) is 18.1 Å². The van der Waals surface area contributed by atoms with Gasteiger partial charge < -0.3 is 4.74 Å². The fraction of sp³-hybridized carbons (Fsp3) is 0.333. The molecule has 90 valence electrons. The van der Waals surface area contributed by atoms with Crippen LogP contribution in [-0.4, -0.2) is 16.7 Å². The molecule has 0 bridgehead atoms. The van der Waals surface area contributed by atoms with Crippen LogP contribution in [0.15, 0.2) is 28.4 Å². The van der Waals surface area contributed by atoms with Gasteiger partial charge in [0.2, 0.25) is 0 Å². The van der Waals surface area contributed by atoms with Crippen molar-refractivity contribution in [2.24, 2.45) is 0 Å². The van der Waals surface area contributed by atoms with Gasteiger partial charge in [-0.1, -0.05) is 6.07 Å². The largest absolute Gasteiger partial charge is 0.468 e. The number of aryl methyl sites for hydroxylation is 2. The van der Waals surface area contributed by atoms with E-state index in [2.05, 4.69) is 11.1 Å². The molecule has 5 heteroatoms. The maximum atomic E-state index is 11.8. The zero-order valence-corrected chi connectivity index (χ0v) is 10.7. The van der Waals surface area contributed by atoms with Gasteiger partial charge in [0.05, 0.1) is 7.11 Å². The molecular formula is C12H14N2O2S. The van der Waals surface area contributed by atoms with E-state index in [-0.39, 0.29) is 5.56 Å². The number of ether oxygens (including phenoxy) is 1. The molecule has 0 aliphatic heterocycles. The van der Waals surface area contributed by atoms with Crippen molar-refractivity contribution >= 4 is 11.3 Å². The number of aromatic nitrogens is 2. The summed E-state index contributed by atoms with van der Waals surface area (Å²) in [5.74, 6) is 0. The first kappa shape index (κ1) is 11.9. The molecule has 2 aromatic heterocycles. The van der Waals surface area contributed by atoms with Gasteiger partial charge in [0.25, 0.3) is 11.6 Å². The maximum Gasteiger partial charge on any atom is 0.299 e. The van der Waals surface area contributed by atoms with Crippen molar-refractivity contribution in [3.8, 4) is 6.01 Å². The number of methoxy groups -OCH3 is 1. The second-order valence-electron chi connectivity index (χ2n) is 3.70. The summed E-state index contributed by atoms with van der Waals surface area (Å²) >= 11 is 1.69. The minimum absolute atomic E-state index is 0.0640. The highest BCUT2D eigenvalue weighted by atomic mass is 32.1. The third kappa shape index (κ3) is 2.74. The minimum Gasteiger partial charge on any atom is -0.468 e. The Labute approximate surface area is 104 Å². The lowest BCUT2D eigenvalue weighted by molar-refractivity contribution is 0.344. The first-order valence-corrected chi connectivity index (χ1v) is 6.23. The average molecular weight is 250 g/mol. The zero-order valence-electron chi connectivity index (χ0n) is 9.84. The van der Waals surface area contributed by atoms with Crippen molar-refractivity contribution in [1.82, 2.24) is 9.55 Å². The number of nitrogens with zero attached hydrogens (tertiary/aromatic N) is 2. The predicted octanol–water partition coefficient (Wildman–Crippen LogP) is 1.86. The van der Waals surface area contributed by atoms with Crippen LogP contribution >= 0.6 is 11.3 Å². The third-order valence-electron chi connectivity index (χ3n) is 2.45. The molecule has 2 heterocycles. The van der Waals surface area contributed by atoms with Crippen LogP contribution in [0, 0.1) is 6.92 Å². The highest BCUT2D eigenvalue weighted by Gasteiger charge is 2.07. The number of thiophene rings is 1. The standard InChI is InChI=1S/C12H14N2O2S/c1-9-8-11(15)14(12(13-9)16-2)6-5-10-4-3-7-17-10/h3-4,7-8H,5-6H2,1-2H3. The second-order valence-corrected chi connectivity index (χ2v) is 4.74. The molecule has 0 saturated carbocycles. The van der Waals surface area contributed by atoms with Crippen LogP contribution in [0.3, 0.4) is 0 Å². The van der Waals surface area contributed by atoms with Crippen molar-refractivity contribution in [3.05, 3.63) is 44.5 Å². The molecule has 4 nitrogen and oxygen atoms in total. The van der Waals surface area contributed by atoms with E-state index in [4.69, 9.17) is 4.74 Å². The zero-order chi connectivity index (χ0) is 12.3. The molecule has 17 heavy (non-hydrogen) atoms. The second kappa shape index (κ2) is 5.14. The van der Waals surface area contributed by atoms with E-state index >= 15 is 0 Å². The fourth-order valence-electron chi connectivity index (χ4n) is 1.63. The molecule has 0 atom stereocenters. The van der Waals surface area contributed by atoms with Gasteiger partial charge in [-0.2, -0.15) is 0 Å². The van der Waals surface area contributed by atoms with Crippen LogP contribution in [0.25, 0.3) is 0 Å². The first-order valence-electron chi connectivity index (χ1n) is 5.35. The number of hydrogen-bond acceptors (Lipinski definition) is 4. The van der Waals surface area contributed by atoms with Crippen LogP contribution in [0.1, 0.15) is 10.6 Å². The quantitative estimate of drug-likeness (QED) is 0.832. The smallest absolute Gasteiger partial charge is 0.299 e. The molecule has 0 aliphatic rings. The number of rotatable bonds is 4. The Morgan fingerprint density at radius 1 is 1.53 bits per heavy atom. The Hall–Kier alpha value is -1.62. The molecule has 0 spiro atoms. The van der Waals surface area contributed by atoms with E-state index in [9.17, 15) is 4.79 Å². The van der Waals surface area contributed by atoms with E-state index in [1.807, 2.05) is 11.4 Å². The van der Waals surface area contributed by atoms with Gasteiger partial charge in [-0.15, -0.1) is 11.3 Å². The van der Waals surface area contributed by atoms with Crippen molar-refractivity contribution in [2.45, 2.75) is 19.9 Å². The highest BCUT2D eigenvalue weighted by molar-refractivity contribution is 7.09. The summed E-state index contributed by atoms with van der Waals surface area (Å²) in [5, 5.41) is 2.03. The summed E-state index contributed by atoms with van der Waals surface area (Å²) in [6.07, 6.45) is 0.818.